The molecule has 2 aromatic carbocycles. The quantitative estimate of drug-likeness (QED) is 0.475. The lowest BCUT2D eigenvalue weighted by Crippen LogP contribution is -2.25. The summed E-state index contributed by atoms with van der Waals surface area (Å²) in [7, 11) is -3.35. The second kappa shape index (κ2) is 9.34. The number of benzene rings is 2. The summed E-state index contributed by atoms with van der Waals surface area (Å²) < 4.78 is 26.5. The van der Waals surface area contributed by atoms with Crippen LogP contribution in [-0.2, 0) is 26.6 Å². The molecule has 0 saturated carbocycles. The molecule has 6 heteroatoms. The highest BCUT2D eigenvalue weighted by atomic mass is 31.2. The van der Waals surface area contributed by atoms with Crippen molar-refractivity contribution in [2.45, 2.75) is 26.8 Å². The van der Waals surface area contributed by atoms with Crippen LogP contribution in [0, 0.1) is 0 Å². The lowest BCUT2D eigenvalue weighted by atomic mass is 10.1. The van der Waals surface area contributed by atoms with Gasteiger partial charge >= 0.3 is 7.75 Å². The van der Waals surface area contributed by atoms with Crippen LogP contribution in [-0.4, -0.2) is 29.4 Å². The number of hydrogen-bond donors (Lipinski definition) is 1. The van der Waals surface area contributed by atoms with Crippen molar-refractivity contribution in [2.24, 2.45) is 0 Å². The fourth-order valence-corrected chi connectivity index (χ4v) is 4.93. The van der Waals surface area contributed by atoms with E-state index in [-0.39, 0.29) is 0 Å². The first-order valence-electron chi connectivity index (χ1n) is 9.39. The second-order valence-electron chi connectivity index (χ2n) is 6.29. The highest BCUT2D eigenvalue weighted by molar-refractivity contribution is 7.51. The predicted molar refractivity (Wildman–Crippen MR) is 110 cm³/mol. The van der Waals surface area contributed by atoms with Gasteiger partial charge in [0.25, 0.3) is 0 Å². The highest BCUT2D eigenvalue weighted by Gasteiger charge is 2.33. The first-order valence-corrected chi connectivity index (χ1v) is 10.9. The van der Waals surface area contributed by atoms with E-state index in [1.807, 2.05) is 67.2 Å². The Morgan fingerprint density at radius 2 is 1.63 bits per heavy atom. The summed E-state index contributed by atoms with van der Waals surface area (Å²) >= 11 is 0. The number of nitrogens with zero attached hydrogens (tertiary/aromatic N) is 1. The van der Waals surface area contributed by atoms with Gasteiger partial charge in [-0.25, -0.2) is 9.24 Å². The van der Waals surface area contributed by atoms with Crippen LogP contribution in [0.3, 0.4) is 0 Å². The normalized spacial score (nSPS) is 12.1. The summed E-state index contributed by atoms with van der Waals surface area (Å²) in [5, 5.41) is 1.19. The molecule has 1 aromatic heterocycles. The van der Waals surface area contributed by atoms with E-state index in [2.05, 4.69) is 17.1 Å². The molecule has 144 valence electrons. The Morgan fingerprint density at radius 1 is 0.963 bits per heavy atom. The van der Waals surface area contributed by atoms with E-state index < -0.39 is 7.75 Å². The van der Waals surface area contributed by atoms with Gasteiger partial charge in [0.1, 0.15) is 0 Å². The van der Waals surface area contributed by atoms with Gasteiger partial charge in [-0.05, 0) is 37.5 Å². The molecule has 0 atom stereocenters. The molecule has 27 heavy (non-hydrogen) atoms. The van der Waals surface area contributed by atoms with Crippen LogP contribution in [0.1, 0.15) is 25.0 Å². The molecular formula is C21H27N2O3P. The molecule has 0 unspecified atom stereocenters. The third-order valence-electron chi connectivity index (χ3n) is 4.45. The number of H-pyrrole nitrogens is 1. The summed E-state index contributed by atoms with van der Waals surface area (Å²) in [5.41, 5.74) is 3.39. The van der Waals surface area contributed by atoms with Crippen LogP contribution in [0.25, 0.3) is 10.9 Å². The van der Waals surface area contributed by atoms with Gasteiger partial charge in [0.2, 0.25) is 0 Å². The van der Waals surface area contributed by atoms with Crippen molar-refractivity contribution in [3.63, 3.8) is 0 Å². The van der Waals surface area contributed by atoms with Crippen LogP contribution in [0.5, 0.6) is 0 Å². The molecule has 1 N–H and O–H groups in total. The van der Waals surface area contributed by atoms with Crippen LogP contribution >= 0.6 is 7.75 Å². The van der Waals surface area contributed by atoms with E-state index in [9.17, 15) is 4.57 Å². The fourth-order valence-electron chi connectivity index (χ4n) is 3.20. The van der Waals surface area contributed by atoms with E-state index in [1.165, 1.54) is 10.9 Å². The minimum atomic E-state index is -3.35. The molecule has 0 aliphatic carbocycles. The molecular weight excluding hydrogens is 359 g/mol. The Labute approximate surface area is 160 Å². The molecule has 0 spiro atoms. The number of aromatic amines is 1. The standard InChI is InChI=1S/C21H27N2O3P/c1-3-25-27(24,26-4-2)23(17-18-10-6-5-7-11-18)15-14-19-16-22-21-13-9-8-12-20(19)21/h5-13,16,22H,3-4,14-15,17H2,1-2H3. The molecule has 0 amide bonds. The third-order valence-corrected chi connectivity index (χ3v) is 6.66. The van der Waals surface area contributed by atoms with E-state index in [4.69, 9.17) is 9.05 Å². The van der Waals surface area contributed by atoms with Gasteiger partial charge in [-0.1, -0.05) is 48.5 Å². The molecule has 1 heterocycles. The van der Waals surface area contributed by atoms with E-state index >= 15 is 0 Å². The Hall–Kier alpha value is -1.91. The molecule has 0 radical (unpaired) electrons. The van der Waals surface area contributed by atoms with Gasteiger partial charge in [0.15, 0.2) is 0 Å². The topological polar surface area (TPSA) is 54.6 Å². The molecule has 0 aliphatic rings. The maximum absolute atomic E-state index is 13.4. The first-order chi connectivity index (χ1) is 13.2. The zero-order valence-corrected chi connectivity index (χ0v) is 16.8. The number of rotatable bonds is 10. The summed E-state index contributed by atoms with van der Waals surface area (Å²) in [5.74, 6) is 0. The predicted octanol–water partition coefficient (Wildman–Crippen LogP) is 5.39. The number of para-hydroxylation sites is 1. The smallest absolute Gasteiger partial charge is 0.361 e. The Bertz CT molecular complexity index is 885. The van der Waals surface area contributed by atoms with E-state index in [0.29, 0.717) is 26.3 Å². The Kier molecular flexibility index (Phi) is 6.86. The lowest BCUT2D eigenvalue weighted by Gasteiger charge is -2.29. The Balaban J connectivity index is 1.83. The summed E-state index contributed by atoms with van der Waals surface area (Å²) in [6.07, 6.45) is 2.78. The molecule has 0 bridgehead atoms. The van der Waals surface area contributed by atoms with Gasteiger partial charge in [-0.3, -0.25) is 9.05 Å². The molecule has 0 aliphatic heterocycles. The Morgan fingerprint density at radius 3 is 2.33 bits per heavy atom. The third kappa shape index (κ3) is 4.88. The van der Waals surface area contributed by atoms with Crippen LogP contribution < -0.4 is 0 Å². The maximum Gasteiger partial charge on any atom is 0.408 e. The molecule has 5 nitrogen and oxygen atoms in total. The number of nitrogens with one attached hydrogen (secondary N) is 1. The van der Waals surface area contributed by atoms with Crippen molar-refractivity contribution < 1.29 is 13.6 Å². The lowest BCUT2D eigenvalue weighted by molar-refractivity contribution is 0.165. The van der Waals surface area contributed by atoms with Gasteiger partial charge in [0, 0.05) is 30.2 Å². The zero-order chi connectivity index (χ0) is 19.1. The number of fused-ring (bicyclic) bond motifs is 1. The van der Waals surface area contributed by atoms with Crippen molar-refractivity contribution in [3.8, 4) is 0 Å². The average molecular weight is 386 g/mol. The average Bonchev–Trinajstić information content (AvgIpc) is 3.09. The van der Waals surface area contributed by atoms with E-state index in [1.54, 1.807) is 0 Å². The molecule has 3 aromatic rings. The van der Waals surface area contributed by atoms with E-state index in [0.717, 1.165) is 17.5 Å². The maximum atomic E-state index is 13.4. The largest absolute Gasteiger partial charge is 0.408 e. The second-order valence-corrected chi connectivity index (χ2v) is 8.31. The molecule has 3 rings (SSSR count). The minimum Gasteiger partial charge on any atom is -0.361 e. The van der Waals surface area contributed by atoms with Gasteiger partial charge in [-0.15, -0.1) is 0 Å². The van der Waals surface area contributed by atoms with Gasteiger partial charge in [-0.2, -0.15) is 0 Å². The number of hydrogen-bond acceptors (Lipinski definition) is 3. The highest BCUT2D eigenvalue weighted by Crippen LogP contribution is 2.52. The summed E-state index contributed by atoms with van der Waals surface area (Å²) in [6.45, 7) is 5.46. The summed E-state index contributed by atoms with van der Waals surface area (Å²) in [4.78, 5) is 3.30. The molecule has 0 saturated heterocycles. The number of aromatic nitrogens is 1. The summed E-state index contributed by atoms with van der Waals surface area (Å²) in [6, 6.07) is 18.2. The van der Waals surface area contributed by atoms with Crippen LogP contribution in [0.2, 0.25) is 0 Å². The van der Waals surface area contributed by atoms with Crippen molar-refractivity contribution in [2.75, 3.05) is 19.8 Å². The van der Waals surface area contributed by atoms with Crippen LogP contribution in [0.15, 0.2) is 60.8 Å². The van der Waals surface area contributed by atoms with Gasteiger partial charge in [0.05, 0.1) is 13.2 Å². The van der Waals surface area contributed by atoms with Crippen LogP contribution in [0.4, 0.5) is 0 Å². The van der Waals surface area contributed by atoms with Gasteiger partial charge < -0.3 is 4.98 Å². The van der Waals surface area contributed by atoms with Crippen molar-refractivity contribution >= 4 is 18.6 Å². The van der Waals surface area contributed by atoms with Crippen molar-refractivity contribution in [3.05, 3.63) is 71.9 Å². The fraction of sp³-hybridized carbons (Fsp3) is 0.333. The SMILES string of the molecule is CCOP(=O)(OCC)N(CCc1c[nH]c2ccccc12)Cc1ccccc1. The molecule has 0 fully saturated rings. The first kappa shape index (κ1) is 19.8. The van der Waals surface area contributed by atoms with Crippen molar-refractivity contribution in [1.29, 1.82) is 0 Å². The monoisotopic (exact) mass is 386 g/mol. The van der Waals surface area contributed by atoms with Crippen molar-refractivity contribution in [1.82, 2.24) is 9.65 Å². The minimum absolute atomic E-state index is 0.343. The zero-order valence-electron chi connectivity index (χ0n) is 15.9.